The van der Waals surface area contributed by atoms with Crippen LogP contribution in [0.15, 0.2) is 36.7 Å². The lowest BCUT2D eigenvalue weighted by atomic mass is 10.1. The molecule has 0 spiro atoms. The van der Waals surface area contributed by atoms with Crippen molar-refractivity contribution in [3.8, 4) is 11.4 Å². The van der Waals surface area contributed by atoms with Crippen LogP contribution >= 0.6 is 0 Å². The van der Waals surface area contributed by atoms with Crippen LogP contribution < -0.4 is 5.48 Å². The average molecular weight is 367 g/mol. The van der Waals surface area contributed by atoms with E-state index in [1.165, 1.54) is 0 Å². The van der Waals surface area contributed by atoms with Crippen molar-refractivity contribution in [2.75, 3.05) is 0 Å². The Morgan fingerprint density at radius 3 is 2.48 bits per heavy atom. The van der Waals surface area contributed by atoms with Crippen LogP contribution in [0.1, 0.15) is 36.8 Å². The van der Waals surface area contributed by atoms with E-state index in [1.54, 1.807) is 12.4 Å². The Kier molecular flexibility index (Phi) is 6.03. The van der Waals surface area contributed by atoms with E-state index in [0.29, 0.717) is 12.8 Å². The molecule has 3 rings (SSSR count). The lowest BCUT2D eigenvalue weighted by molar-refractivity contribution is -0.154. The molecule has 0 aliphatic heterocycles. The predicted molar refractivity (Wildman–Crippen MR) is 97.4 cm³/mol. The van der Waals surface area contributed by atoms with E-state index in [4.69, 9.17) is 4.84 Å². The summed E-state index contributed by atoms with van der Waals surface area (Å²) in [6, 6.07) is 6.76. The lowest BCUT2D eigenvalue weighted by Gasteiger charge is -2.09. The van der Waals surface area contributed by atoms with E-state index in [1.807, 2.05) is 31.2 Å². The number of nitrogens with one attached hydrogen (secondary N) is 1. The van der Waals surface area contributed by atoms with Gasteiger partial charge in [-0.2, -0.15) is 0 Å². The molecule has 1 fully saturated rings. The van der Waals surface area contributed by atoms with Gasteiger partial charge in [-0.3, -0.25) is 24.4 Å². The third kappa shape index (κ3) is 5.04. The number of Topliss-reactive ketones (excluding diaryl/α,β-unsaturated/α-hetero) is 2. The van der Waals surface area contributed by atoms with Gasteiger partial charge < -0.3 is 4.84 Å². The van der Waals surface area contributed by atoms with Gasteiger partial charge in [0.15, 0.2) is 17.6 Å². The molecular formula is C20H21N3O4. The Bertz CT molecular complexity index is 850. The summed E-state index contributed by atoms with van der Waals surface area (Å²) in [5.74, 6) is -0.958. The van der Waals surface area contributed by atoms with Crippen molar-refractivity contribution in [3.63, 3.8) is 0 Å². The molecule has 7 nitrogen and oxygen atoms in total. The lowest BCUT2D eigenvalue weighted by Crippen LogP contribution is -2.39. The normalized spacial score (nSPS) is 14.6. The number of carbonyl (C=O) groups excluding carboxylic acids is 3. The molecule has 2 aromatic heterocycles. The van der Waals surface area contributed by atoms with E-state index in [0.717, 1.165) is 22.5 Å². The number of nitrogens with zero attached hydrogens (tertiary/aromatic N) is 2. The number of aryl methyl sites for hydroxylation is 2. The van der Waals surface area contributed by atoms with Crippen LogP contribution in [-0.4, -0.2) is 33.5 Å². The number of hydrogen-bond acceptors (Lipinski definition) is 7. The zero-order valence-corrected chi connectivity index (χ0v) is 15.1. The number of hydrogen-bond donors (Lipinski definition) is 1. The molecule has 1 aliphatic rings. The second-order valence-corrected chi connectivity index (χ2v) is 6.58. The van der Waals surface area contributed by atoms with Gasteiger partial charge in [0, 0.05) is 31.7 Å². The first-order valence-corrected chi connectivity index (χ1v) is 8.91. The van der Waals surface area contributed by atoms with Crippen LogP contribution in [0.2, 0.25) is 0 Å². The molecule has 0 unspecified atom stereocenters. The molecule has 7 heteroatoms. The van der Waals surface area contributed by atoms with Gasteiger partial charge in [-0.15, -0.1) is 5.48 Å². The van der Waals surface area contributed by atoms with Gasteiger partial charge in [-0.25, -0.2) is 0 Å². The maximum absolute atomic E-state index is 11.8. The first-order valence-electron chi connectivity index (χ1n) is 8.91. The maximum Gasteiger partial charge on any atom is 0.324 e. The quantitative estimate of drug-likeness (QED) is 0.591. The van der Waals surface area contributed by atoms with Crippen molar-refractivity contribution < 1.29 is 19.2 Å². The molecule has 1 aliphatic carbocycles. The van der Waals surface area contributed by atoms with Crippen LogP contribution in [0.3, 0.4) is 0 Å². The Morgan fingerprint density at radius 1 is 1.11 bits per heavy atom. The van der Waals surface area contributed by atoms with Crippen molar-refractivity contribution in [1.29, 1.82) is 0 Å². The molecule has 2 heterocycles. The number of carbonyl (C=O) groups is 3. The Labute approximate surface area is 157 Å². The summed E-state index contributed by atoms with van der Waals surface area (Å²) in [5.41, 5.74) is 6.06. The van der Waals surface area contributed by atoms with Gasteiger partial charge in [0.2, 0.25) is 0 Å². The fraction of sp³-hybridized carbons (Fsp3) is 0.350. The van der Waals surface area contributed by atoms with Crippen LogP contribution in [0.25, 0.3) is 11.4 Å². The second kappa shape index (κ2) is 8.64. The molecule has 1 N–H and O–H groups in total. The number of aromatic nitrogens is 2. The van der Waals surface area contributed by atoms with E-state index >= 15 is 0 Å². The average Bonchev–Trinajstić information content (AvgIpc) is 2.98. The summed E-state index contributed by atoms with van der Waals surface area (Å²) in [7, 11) is 0. The highest BCUT2D eigenvalue weighted by molar-refractivity contribution is 6.12. The zero-order valence-electron chi connectivity index (χ0n) is 15.1. The van der Waals surface area contributed by atoms with Gasteiger partial charge in [-0.1, -0.05) is 0 Å². The summed E-state index contributed by atoms with van der Waals surface area (Å²) >= 11 is 0. The fourth-order valence-electron chi connectivity index (χ4n) is 2.90. The summed E-state index contributed by atoms with van der Waals surface area (Å²) < 4.78 is 0. The smallest absolute Gasteiger partial charge is 0.324 e. The van der Waals surface area contributed by atoms with Crippen LogP contribution in [0.4, 0.5) is 0 Å². The molecule has 0 aromatic carbocycles. The minimum Gasteiger partial charge on any atom is -0.370 e. The van der Waals surface area contributed by atoms with Gasteiger partial charge in [0.05, 0.1) is 11.4 Å². The first-order chi connectivity index (χ1) is 13.0. The van der Waals surface area contributed by atoms with Crippen LogP contribution in [-0.2, 0) is 25.6 Å². The molecule has 0 radical (unpaired) electrons. The standard InChI is InChI=1S/C20H21N3O4/c1-13-7-9-21-15(11-13)16-12-14(8-10-22-16)3-2-4-19(26)27-23-20-17(24)5-6-18(20)25/h7-12,20,23H,2-6H2,1H3. The first kappa shape index (κ1) is 18.8. The van der Waals surface area contributed by atoms with Gasteiger partial charge in [-0.05, 0) is 55.2 Å². The number of ketones is 2. The summed E-state index contributed by atoms with van der Waals surface area (Å²) in [6.45, 7) is 2.00. The van der Waals surface area contributed by atoms with Crippen molar-refractivity contribution in [3.05, 3.63) is 47.8 Å². The van der Waals surface area contributed by atoms with Gasteiger partial charge >= 0.3 is 5.97 Å². The predicted octanol–water partition coefficient (Wildman–Crippen LogP) is 2.12. The second-order valence-electron chi connectivity index (χ2n) is 6.58. The zero-order chi connectivity index (χ0) is 19.2. The van der Waals surface area contributed by atoms with E-state index in [-0.39, 0.29) is 30.8 Å². The Balaban J connectivity index is 1.47. The van der Waals surface area contributed by atoms with E-state index < -0.39 is 12.0 Å². The minimum atomic E-state index is -1.00. The minimum absolute atomic E-state index is 0.183. The van der Waals surface area contributed by atoms with Crippen molar-refractivity contribution >= 4 is 17.5 Å². The third-order valence-electron chi connectivity index (χ3n) is 4.40. The molecule has 0 bridgehead atoms. The number of hydroxylamine groups is 1. The molecule has 140 valence electrons. The van der Waals surface area contributed by atoms with Gasteiger partial charge in [0.25, 0.3) is 0 Å². The topological polar surface area (TPSA) is 98.2 Å². The fourth-order valence-corrected chi connectivity index (χ4v) is 2.90. The molecule has 0 saturated heterocycles. The van der Waals surface area contributed by atoms with Crippen LogP contribution in [0.5, 0.6) is 0 Å². The highest BCUT2D eigenvalue weighted by atomic mass is 16.7. The maximum atomic E-state index is 11.8. The monoisotopic (exact) mass is 367 g/mol. The SMILES string of the molecule is Cc1ccnc(-c2cc(CCCC(=O)ONC3C(=O)CCC3=O)ccn2)c1. The van der Waals surface area contributed by atoms with Gasteiger partial charge in [0.1, 0.15) is 0 Å². The molecule has 0 atom stereocenters. The molecule has 27 heavy (non-hydrogen) atoms. The summed E-state index contributed by atoms with van der Waals surface area (Å²) in [4.78, 5) is 48.3. The van der Waals surface area contributed by atoms with E-state index in [9.17, 15) is 14.4 Å². The summed E-state index contributed by atoms with van der Waals surface area (Å²) in [5, 5.41) is 0. The third-order valence-corrected chi connectivity index (χ3v) is 4.40. The number of pyridine rings is 2. The van der Waals surface area contributed by atoms with Crippen LogP contribution in [0, 0.1) is 6.92 Å². The molecule has 0 amide bonds. The Morgan fingerprint density at radius 2 is 1.78 bits per heavy atom. The Hall–Kier alpha value is -2.93. The van der Waals surface area contributed by atoms with Crippen molar-refractivity contribution in [2.45, 2.75) is 45.1 Å². The number of rotatable bonds is 7. The highest BCUT2D eigenvalue weighted by Crippen LogP contribution is 2.17. The largest absolute Gasteiger partial charge is 0.370 e. The summed E-state index contributed by atoms with van der Waals surface area (Å²) in [6.07, 6.45) is 5.33. The molecular weight excluding hydrogens is 346 g/mol. The molecule has 2 aromatic rings. The van der Waals surface area contributed by atoms with Crippen molar-refractivity contribution in [1.82, 2.24) is 15.4 Å². The van der Waals surface area contributed by atoms with E-state index in [2.05, 4.69) is 15.4 Å². The highest BCUT2D eigenvalue weighted by Gasteiger charge is 2.33. The molecule has 1 saturated carbocycles. The van der Waals surface area contributed by atoms with Crippen molar-refractivity contribution in [2.24, 2.45) is 0 Å².